The zero-order valence-corrected chi connectivity index (χ0v) is 14.8. The average Bonchev–Trinajstić information content (AvgIpc) is 2.93. The predicted octanol–water partition coefficient (Wildman–Crippen LogP) is 1.44. The molecular weight excluding hydrogens is 324 g/mol. The first-order chi connectivity index (χ1) is 10.1. The van der Waals surface area contributed by atoms with Crippen LogP contribution >= 0.6 is 23.7 Å². The Balaban J connectivity index is 0.00000441. The van der Waals surface area contributed by atoms with Gasteiger partial charge in [-0.2, -0.15) is 0 Å². The Morgan fingerprint density at radius 2 is 2.09 bits per heavy atom. The van der Waals surface area contributed by atoms with Gasteiger partial charge in [-0.05, 0) is 19.4 Å². The minimum absolute atomic E-state index is 0. The molecule has 0 unspecified atom stereocenters. The Hall–Kier alpha value is -1.18. The minimum atomic E-state index is -0.192. The van der Waals surface area contributed by atoms with E-state index in [4.69, 9.17) is 5.73 Å². The molecule has 0 radical (unpaired) electrons. The number of carbonyl (C=O) groups excluding carboxylic acids is 2. The van der Waals surface area contributed by atoms with Gasteiger partial charge < -0.3 is 16.0 Å². The third kappa shape index (κ3) is 6.72. The summed E-state index contributed by atoms with van der Waals surface area (Å²) in [5, 5.41) is 5.38. The number of nitrogens with zero attached hydrogens (tertiary/aromatic N) is 2. The van der Waals surface area contributed by atoms with E-state index in [0.29, 0.717) is 31.7 Å². The molecule has 0 aliphatic carbocycles. The number of carbonyl (C=O) groups is 2. The van der Waals surface area contributed by atoms with Gasteiger partial charge in [-0.1, -0.05) is 13.8 Å². The molecule has 0 aliphatic heterocycles. The van der Waals surface area contributed by atoms with Gasteiger partial charge in [0.15, 0.2) is 0 Å². The first-order valence-electron chi connectivity index (χ1n) is 7.32. The van der Waals surface area contributed by atoms with Gasteiger partial charge in [0.25, 0.3) is 5.91 Å². The number of hydrogen-bond acceptors (Lipinski definition) is 5. The third-order valence-electron chi connectivity index (χ3n) is 2.82. The van der Waals surface area contributed by atoms with Crippen molar-refractivity contribution in [2.75, 3.05) is 26.2 Å². The number of nitrogens with one attached hydrogen (secondary N) is 1. The van der Waals surface area contributed by atoms with Crippen molar-refractivity contribution in [1.82, 2.24) is 15.2 Å². The second-order valence-electron chi connectivity index (χ2n) is 4.74. The van der Waals surface area contributed by atoms with Crippen LogP contribution in [0.5, 0.6) is 0 Å². The van der Waals surface area contributed by atoms with Crippen LogP contribution in [0.1, 0.15) is 42.2 Å². The van der Waals surface area contributed by atoms with Gasteiger partial charge in [-0.25, -0.2) is 4.98 Å². The maximum atomic E-state index is 12.4. The van der Waals surface area contributed by atoms with E-state index in [1.165, 1.54) is 11.3 Å². The number of thiazole rings is 1. The summed E-state index contributed by atoms with van der Waals surface area (Å²) in [5.41, 5.74) is 5.89. The van der Waals surface area contributed by atoms with E-state index in [1.54, 1.807) is 10.3 Å². The molecule has 1 heterocycles. The molecule has 2 amide bonds. The van der Waals surface area contributed by atoms with Crippen LogP contribution in [-0.4, -0.2) is 47.9 Å². The summed E-state index contributed by atoms with van der Waals surface area (Å²) in [6.45, 7) is 5.73. The highest BCUT2D eigenvalue weighted by atomic mass is 35.5. The van der Waals surface area contributed by atoms with E-state index in [2.05, 4.69) is 10.3 Å². The maximum Gasteiger partial charge on any atom is 0.273 e. The Morgan fingerprint density at radius 1 is 1.36 bits per heavy atom. The molecule has 1 aromatic rings. The van der Waals surface area contributed by atoms with Gasteiger partial charge in [0.05, 0.1) is 11.6 Å². The lowest BCUT2D eigenvalue weighted by Crippen LogP contribution is -2.41. The lowest BCUT2D eigenvalue weighted by atomic mass is 10.3. The SMILES string of the molecule is CCCNC(=O)CN(CCC)C(=O)c1csc(CCN)n1.Cl. The van der Waals surface area contributed by atoms with Crippen molar-refractivity contribution >= 4 is 35.6 Å². The van der Waals surface area contributed by atoms with Crippen molar-refractivity contribution in [1.29, 1.82) is 0 Å². The number of aromatic nitrogens is 1. The number of hydrogen-bond donors (Lipinski definition) is 2. The van der Waals surface area contributed by atoms with Gasteiger partial charge in [-0.3, -0.25) is 9.59 Å². The van der Waals surface area contributed by atoms with Crippen molar-refractivity contribution < 1.29 is 9.59 Å². The van der Waals surface area contributed by atoms with Crippen LogP contribution in [0.4, 0.5) is 0 Å². The molecule has 3 N–H and O–H groups in total. The first kappa shape index (κ1) is 20.8. The topological polar surface area (TPSA) is 88.3 Å². The van der Waals surface area contributed by atoms with Crippen LogP contribution in [0, 0.1) is 0 Å². The fraction of sp³-hybridized carbons (Fsp3) is 0.643. The Bertz CT molecular complexity index is 467. The number of rotatable bonds is 9. The summed E-state index contributed by atoms with van der Waals surface area (Å²) in [4.78, 5) is 30.0. The molecule has 126 valence electrons. The molecule has 22 heavy (non-hydrogen) atoms. The highest BCUT2D eigenvalue weighted by Gasteiger charge is 2.20. The largest absolute Gasteiger partial charge is 0.355 e. The Labute approximate surface area is 141 Å². The highest BCUT2D eigenvalue weighted by Crippen LogP contribution is 2.12. The summed E-state index contributed by atoms with van der Waals surface area (Å²) in [5.74, 6) is -0.320. The van der Waals surface area contributed by atoms with Crippen molar-refractivity contribution in [3.63, 3.8) is 0 Å². The maximum absolute atomic E-state index is 12.4. The number of amides is 2. The molecule has 1 rings (SSSR count). The molecule has 0 bridgehead atoms. The molecule has 0 spiro atoms. The Morgan fingerprint density at radius 3 is 2.68 bits per heavy atom. The van der Waals surface area contributed by atoms with Gasteiger partial charge in [0.1, 0.15) is 5.69 Å². The summed E-state index contributed by atoms with van der Waals surface area (Å²) in [6.07, 6.45) is 2.34. The van der Waals surface area contributed by atoms with Gasteiger partial charge in [0.2, 0.25) is 5.91 Å². The molecule has 0 atom stereocenters. The normalized spacial score (nSPS) is 9.95. The lowest BCUT2D eigenvalue weighted by molar-refractivity contribution is -0.121. The van der Waals surface area contributed by atoms with Crippen LogP contribution in [0.2, 0.25) is 0 Å². The fourth-order valence-corrected chi connectivity index (χ4v) is 2.61. The second-order valence-corrected chi connectivity index (χ2v) is 5.68. The van der Waals surface area contributed by atoms with Gasteiger partial charge in [-0.15, -0.1) is 23.7 Å². The zero-order valence-electron chi connectivity index (χ0n) is 13.1. The molecule has 0 aliphatic rings. The van der Waals surface area contributed by atoms with E-state index in [0.717, 1.165) is 17.8 Å². The lowest BCUT2D eigenvalue weighted by Gasteiger charge is -2.20. The standard InChI is InChI=1S/C14H24N4O2S.ClH/c1-3-7-16-12(19)9-18(8-4-2)14(20)11-10-21-13(17-11)5-6-15;/h10H,3-9,15H2,1-2H3,(H,16,19);1H. The summed E-state index contributed by atoms with van der Waals surface area (Å²) in [7, 11) is 0. The summed E-state index contributed by atoms with van der Waals surface area (Å²) >= 11 is 1.43. The fourth-order valence-electron chi connectivity index (χ4n) is 1.83. The molecule has 1 aromatic heterocycles. The second kappa shape index (κ2) is 11.4. The molecular formula is C14H25ClN4O2S. The zero-order chi connectivity index (χ0) is 15.7. The smallest absolute Gasteiger partial charge is 0.273 e. The number of halogens is 1. The molecule has 0 aromatic carbocycles. The monoisotopic (exact) mass is 348 g/mol. The average molecular weight is 349 g/mol. The van der Waals surface area contributed by atoms with Crippen LogP contribution in [0.3, 0.4) is 0 Å². The summed E-state index contributed by atoms with van der Waals surface area (Å²) < 4.78 is 0. The van der Waals surface area contributed by atoms with Gasteiger partial charge >= 0.3 is 0 Å². The molecule has 0 saturated carbocycles. The van der Waals surface area contributed by atoms with Crippen molar-refractivity contribution in [3.8, 4) is 0 Å². The first-order valence-corrected chi connectivity index (χ1v) is 8.20. The van der Waals surface area contributed by atoms with Crippen molar-refractivity contribution in [2.24, 2.45) is 5.73 Å². The van der Waals surface area contributed by atoms with E-state index in [-0.39, 0.29) is 30.8 Å². The molecule has 0 saturated heterocycles. The Kier molecular flexibility index (Phi) is 10.8. The molecule has 6 nitrogen and oxygen atoms in total. The van der Waals surface area contributed by atoms with E-state index >= 15 is 0 Å². The van der Waals surface area contributed by atoms with Crippen molar-refractivity contribution in [2.45, 2.75) is 33.1 Å². The van der Waals surface area contributed by atoms with E-state index < -0.39 is 0 Å². The number of nitrogens with two attached hydrogens (primary N) is 1. The highest BCUT2D eigenvalue weighted by molar-refractivity contribution is 7.09. The van der Waals surface area contributed by atoms with E-state index in [9.17, 15) is 9.59 Å². The minimum Gasteiger partial charge on any atom is -0.355 e. The third-order valence-corrected chi connectivity index (χ3v) is 3.73. The quantitative estimate of drug-likeness (QED) is 0.706. The van der Waals surface area contributed by atoms with Crippen LogP contribution in [0.15, 0.2) is 5.38 Å². The molecule has 0 fully saturated rings. The van der Waals surface area contributed by atoms with Crippen LogP contribution in [0.25, 0.3) is 0 Å². The van der Waals surface area contributed by atoms with Crippen LogP contribution < -0.4 is 11.1 Å². The van der Waals surface area contributed by atoms with Crippen LogP contribution in [-0.2, 0) is 11.2 Å². The molecule has 8 heteroatoms. The van der Waals surface area contributed by atoms with Crippen molar-refractivity contribution in [3.05, 3.63) is 16.1 Å². The summed E-state index contributed by atoms with van der Waals surface area (Å²) in [6, 6.07) is 0. The predicted molar refractivity (Wildman–Crippen MR) is 91.6 cm³/mol. The van der Waals surface area contributed by atoms with Gasteiger partial charge in [0, 0.05) is 24.9 Å². The van der Waals surface area contributed by atoms with E-state index in [1.807, 2.05) is 13.8 Å².